The third-order valence-corrected chi connectivity index (χ3v) is 9.39. The van der Waals surface area contributed by atoms with E-state index in [2.05, 4.69) is 54.2 Å². The number of hydrogen-bond acceptors (Lipinski definition) is 13. The highest BCUT2D eigenvalue weighted by Crippen LogP contribution is 2.35. The highest BCUT2D eigenvalue weighted by molar-refractivity contribution is 7.13. The van der Waals surface area contributed by atoms with Crippen molar-refractivity contribution in [2.75, 3.05) is 51.0 Å². The van der Waals surface area contributed by atoms with E-state index in [-0.39, 0.29) is 37.3 Å². The van der Waals surface area contributed by atoms with Gasteiger partial charge in [0.05, 0.1) is 28.7 Å². The Kier molecular flexibility index (Phi) is 9.28. The molecule has 0 aromatic carbocycles. The number of carbonyl (C=O) groups excluding carboxylic acids is 1. The largest absolute Gasteiger partial charge is 0.473 e. The highest BCUT2D eigenvalue weighted by atomic mass is 32.1. The SMILES string of the molecule is Cc1nc(OC2CCC(N(C)C)CC2)c(C(=O)N[C@@H]2CCCN(c3cc(-c4ccnc(OCCO)n4)n4ncnc(N)c34)C2)s1. The number of anilines is 2. The van der Waals surface area contributed by atoms with Crippen LogP contribution < -0.4 is 25.4 Å². The van der Waals surface area contributed by atoms with Gasteiger partial charge in [0, 0.05) is 31.4 Å². The molecule has 2 aliphatic rings. The summed E-state index contributed by atoms with van der Waals surface area (Å²) >= 11 is 1.37. The van der Waals surface area contributed by atoms with Crippen molar-refractivity contribution in [1.82, 2.24) is 39.8 Å². The van der Waals surface area contributed by atoms with Gasteiger partial charge in [-0.05, 0) is 71.7 Å². The van der Waals surface area contributed by atoms with Crippen LogP contribution in [0.4, 0.5) is 11.5 Å². The smallest absolute Gasteiger partial charge is 0.317 e. The van der Waals surface area contributed by atoms with Crippen molar-refractivity contribution in [3.05, 3.63) is 34.5 Å². The monoisotopic (exact) mass is 636 g/mol. The molecular formula is C30H40N10O4S. The number of nitrogens with zero attached hydrogens (tertiary/aromatic N) is 8. The Morgan fingerprint density at radius 2 is 2.02 bits per heavy atom. The number of aromatic nitrogens is 6. The van der Waals surface area contributed by atoms with Crippen molar-refractivity contribution in [2.24, 2.45) is 0 Å². The standard InChI is InChI=1S/C30H40N10O4S/c1-18-35-29(44-21-8-6-20(7-9-21)38(2)3)26(45-18)28(42)36-19-5-4-12-39(16-19)24-15-23(40-25(24)27(31)33-17-34-40)22-10-11-32-30(37-22)43-14-13-41/h10-11,15,17,19-21,41H,4-9,12-14,16H2,1-3H3,(H,36,42)(H2,31,33,34)/t19-,20?,21?/m1/s1. The maximum atomic E-state index is 13.6. The number of fused-ring (bicyclic) bond motifs is 1. The van der Waals surface area contributed by atoms with Gasteiger partial charge in [-0.3, -0.25) is 4.79 Å². The van der Waals surface area contributed by atoms with Gasteiger partial charge in [-0.15, -0.1) is 11.3 Å². The number of thiazole rings is 1. The van der Waals surface area contributed by atoms with E-state index in [0.717, 1.165) is 55.8 Å². The average Bonchev–Trinajstić information content (AvgIpc) is 3.62. The summed E-state index contributed by atoms with van der Waals surface area (Å²) in [6, 6.07) is 4.37. The number of piperidine rings is 1. The Morgan fingerprint density at radius 1 is 1.20 bits per heavy atom. The van der Waals surface area contributed by atoms with E-state index in [1.165, 1.54) is 17.7 Å². The molecule has 0 bridgehead atoms. The van der Waals surface area contributed by atoms with E-state index < -0.39 is 0 Å². The topological polar surface area (TPSA) is 169 Å². The van der Waals surface area contributed by atoms with Crippen LogP contribution in [0.3, 0.4) is 0 Å². The number of nitrogen functional groups attached to an aromatic ring is 1. The summed E-state index contributed by atoms with van der Waals surface area (Å²) in [7, 11) is 4.24. The summed E-state index contributed by atoms with van der Waals surface area (Å²) in [5, 5.41) is 17.7. The van der Waals surface area contributed by atoms with Crippen LogP contribution in [0.15, 0.2) is 24.7 Å². The van der Waals surface area contributed by atoms with Crippen LogP contribution in [0.5, 0.6) is 11.9 Å². The lowest BCUT2D eigenvalue weighted by molar-refractivity contribution is 0.0907. The Hall–Kier alpha value is -4.08. The van der Waals surface area contributed by atoms with Crippen molar-refractivity contribution in [3.8, 4) is 23.3 Å². The minimum absolute atomic E-state index is 0.0663. The van der Waals surface area contributed by atoms with E-state index in [0.29, 0.717) is 46.1 Å². The zero-order chi connectivity index (χ0) is 31.5. The van der Waals surface area contributed by atoms with Crippen LogP contribution in [0, 0.1) is 6.92 Å². The molecule has 1 saturated heterocycles. The normalized spacial score (nSPS) is 20.5. The lowest BCUT2D eigenvalue weighted by Crippen LogP contribution is -2.47. The molecule has 5 heterocycles. The number of amides is 1. The Morgan fingerprint density at radius 3 is 2.80 bits per heavy atom. The van der Waals surface area contributed by atoms with Gasteiger partial charge in [0.1, 0.15) is 24.6 Å². The van der Waals surface area contributed by atoms with E-state index in [4.69, 9.17) is 20.3 Å². The first-order valence-electron chi connectivity index (χ1n) is 15.4. The quantitative estimate of drug-likeness (QED) is 0.233. The van der Waals surface area contributed by atoms with Crippen LogP contribution >= 0.6 is 11.3 Å². The van der Waals surface area contributed by atoms with Crippen molar-refractivity contribution >= 4 is 34.3 Å². The minimum atomic E-state index is -0.161. The maximum Gasteiger partial charge on any atom is 0.317 e. The van der Waals surface area contributed by atoms with Crippen molar-refractivity contribution < 1.29 is 19.4 Å². The predicted molar refractivity (Wildman–Crippen MR) is 171 cm³/mol. The fourth-order valence-electron chi connectivity index (χ4n) is 6.20. The van der Waals surface area contributed by atoms with Gasteiger partial charge in [-0.1, -0.05) is 0 Å². The number of nitrogens with two attached hydrogens (primary N) is 1. The van der Waals surface area contributed by atoms with E-state index >= 15 is 0 Å². The second-order valence-electron chi connectivity index (χ2n) is 11.8. The first kappa shape index (κ1) is 30.9. The van der Waals surface area contributed by atoms with Crippen LogP contribution in [0.2, 0.25) is 0 Å². The number of nitrogens with one attached hydrogen (secondary N) is 1. The molecule has 15 heteroatoms. The van der Waals surface area contributed by atoms with Crippen molar-refractivity contribution in [3.63, 3.8) is 0 Å². The molecule has 4 N–H and O–H groups in total. The molecule has 0 spiro atoms. The number of aliphatic hydroxyl groups excluding tert-OH is 1. The zero-order valence-electron chi connectivity index (χ0n) is 25.8. The molecule has 2 fully saturated rings. The third-order valence-electron chi connectivity index (χ3n) is 8.44. The molecule has 4 aromatic rings. The van der Waals surface area contributed by atoms with E-state index in [9.17, 15) is 4.79 Å². The van der Waals surface area contributed by atoms with Gasteiger partial charge in [0.25, 0.3) is 5.91 Å². The number of aryl methyl sites for hydroxylation is 1. The molecule has 0 unspecified atom stereocenters. The van der Waals surface area contributed by atoms with Crippen molar-refractivity contribution in [1.29, 1.82) is 0 Å². The molecule has 14 nitrogen and oxygen atoms in total. The Labute approximate surface area is 265 Å². The van der Waals surface area contributed by atoms with Gasteiger partial charge >= 0.3 is 6.01 Å². The van der Waals surface area contributed by atoms with E-state index in [1.54, 1.807) is 16.8 Å². The van der Waals surface area contributed by atoms with Gasteiger partial charge < -0.3 is 35.4 Å². The van der Waals surface area contributed by atoms with Crippen LogP contribution in [0.1, 0.15) is 53.2 Å². The second-order valence-corrected chi connectivity index (χ2v) is 13.0. The lowest BCUT2D eigenvalue weighted by atomic mass is 9.92. The molecule has 1 amide bonds. The second kappa shape index (κ2) is 13.5. The van der Waals surface area contributed by atoms with Crippen LogP contribution in [-0.2, 0) is 0 Å². The van der Waals surface area contributed by atoms with Crippen molar-refractivity contribution in [2.45, 2.75) is 63.6 Å². The minimum Gasteiger partial charge on any atom is -0.473 e. The maximum absolute atomic E-state index is 13.6. The number of carbonyl (C=O) groups is 1. The molecule has 1 aliphatic heterocycles. The number of rotatable bonds is 10. The fraction of sp³-hybridized carbons (Fsp3) is 0.533. The first-order chi connectivity index (χ1) is 21.8. The molecule has 1 atom stereocenters. The van der Waals surface area contributed by atoms with Gasteiger partial charge in [-0.25, -0.2) is 19.5 Å². The molecule has 6 rings (SSSR count). The molecule has 0 radical (unpaired) electrons. The molecule has 1 aliphatic carbocycles. The highest BCUT2D eigenvalue weighted by Gasteiger charge is 2.30. The average molecular weight is 637 g/mol. The summed E-state index contributed by atoms with van der Waals surface area (Å²) in [4.78, 5) is 36.1. The number of ether oxygens (including phenoxy) is 2. The van der Waals surface area contributed by atoms with Gasteiger partial charge in [-0.2, -0.15) is 10.1 Å². The number of hydrogen-bond donors (Lipinski definition) is 3. The molecule has 4 aromatic heterocycles. The summed E-state index contributed by atoms with van der Waals surface area (Å²) in [6.45, 7) is 3.21. The lowest BCUT2D eigenvalue weighted by Gasteiger charge is -2.34. The van der Waals surface area contributed by atoms with Gasteiger partial charge in [0.2, 0.25) is 5.88 Å². The molecular weight excluding hydrogens is 596 g/mol. The van der Waals surface area contributed by atoms with Crippen LogP contribution in [-0.4, -0.2) is 104 Å². The Balaban J connectivity index is 1.19. The first-order valence-corrected chi connectivity index (χ1v) is 16.2. The zero-order valence-corrected chi connectivity index (χ0v) is 26.7. The summed E-state index contributed by atoms with van der Waals surface area (Å²) in [6.07, 6.45) is 8.82. The van der Waals surface area contributed by atoms with E-state index in [1.807, 2.05) is 13.0 Å². The summed E-state index contributed by atoms with van der Waals surface area (Å²) in [5.41, 5.74) is 9.18. The summed E-state index contributed by atoms with van der Waals surface area (Å²) in [5.74, 6) is 0.618. The molecule has 45 heavy (non-hydrogen) atoms. The van der Waals surface area contributed by atoms with Gasteiger partial charge in [0.15, 0.2) is 10.7 Å². The Bertz CT molecular complexity index is 1630. The fourth-order valence-corrected chi connectivity index (χ4v) is 6.95. The third kappa shape index (κ3) is 6.79. The predicted octanol–water partition coefficient (Wildman–Crippen LogP) is 2.55. The summed E-state index contributed by atoms with van der Waals surface area (Å²) < 4.78 is 13.5. The molecule has 1 saturated carbocycles. The van der Waals surface area contributed by atoms with Crippen LogP contribution in [0.25, 0.3) is 16.9 Å². The molecule has 240 valence electrons. The number of aliphatic hydroxyl groups is 1.